The van der Waals surface area contributed by atoms with E-state index in [1.54, 1.807) is 0 Å². The van der Waals surface area contributed by atoms with Gasteiger partial charge in [0, 0.05) is 10.9 Å². The van der Waals surface area contributed by atoms with Crippen molar-refractivity contribution < 1.29 is 21.6 Å². The lowest BCUT2D eigenvalue weighted by Crippen LogP contribution is -2.16. The average Bonchev–Trinajstić information content (AvgIpc) is 3.11. The molecule has 0 aliphatic carbocycles. The van der Waals surface area contributed by atoms with Gasteiger partial charge in [-0.1, -0.05) is 17.7 Å². The number of hydrogen-bond acceptors (Lipinski definition) is 5. The molecule has 2 aromatic carbocycles. The topological polar surface area (TPSA) is 71.1 Å². The summed E-state index contributed by atoms with van der Waals surface area (Å²) in [6.07, 6.45) is 0. The van der Waals surface area contributed by atoms with E-state index in [-0.39, 0.29) is 17.1 Å². The van der Waals surface area contributed by atoms with Crippen molar-refractivity contribution in [3.63, 3.8) is 0 Å². The highest BCUT2D eigenvalue weighted by molar-refractivity contribution is 7.92. The second kappa shape index (κ2) is 7.98. The molecule has 0 amide bonds. The molecule has 3 aromatic rings. The molecule has 0 bridgehead atoms. The molecule has 3 rings (SSSR count). The van der Waals surface area contributed by atoms with Crippen molar-refractivity contribution in [2.45, 2.75) is 17.9 Å². The summed E-state index contributed by atoms with van der Waals surface area (Å²) in [6, 6.07) is 4.74. The third-order valence-corrected chi connectivity index (χ3v) is 6.14. The fourth-order valence-corrected chi connectivity index (χ4v) is 4.45. The first kappa shape index (κ1) is 20.4. The first-order valence-electron chi connectivity index (χ1n) is 7.80. The lowest BCUT2D eigenvalue weighted by atomic mass is 10.1. The molecule has 0 spiro atoms. The Labute approximate surface area is 168 Å². The van der Waals surface area contributed by atoms with Gasteiger partial charge in [0.2, 0.25) is 0 Å². The summed E-state index contributed by atoms with van der Waals surface area (Å²) >= 11 is 7.13. The highest BCUT2D eigenvalue weighted by atomic mass is 35.5. The number of anilines is 2. The largest absolute Gasteiger partial charge is 0.377 e. The molecule has 1 unspecified atom stereocenters. The summed E-state index contributed by atoms with van der Waals surface area (Å²) in [7, 11) is -4.26. The van der Waals surface area contributed by atoms with Gasteiger partial charge in [0.1, 0.15) is 21.6 Å². The van der Waals surface area contributed by atoms with E-state index >= 15 is 0 Å². The molecule has 5 nitrogen and oxygen atoms in total. The van der Waals surface area contributed by atoms with Crippen LogP contribution in [0.5, 0.6) is 0 Å². The molecule has 0 aliphatic heterocycles. The van der Waals surface area contributed by atoms with Crippen molar-refractivity contribution in [1.82, 2.24) is 4.98 Å². The Morgan fingerprint density at radius 2 is 1.82 bits per heavy atom. The van der Waals surface area contributed by atoms with Crippen LogP contribution in [0.4, 0.5) is 24.7 Å². The Bertz CT molecular complexity index is 1090. The average molecular weight is 448 g/mol. The number of hydrogen-bond donors (Lipinski definition) is 2. The minimum Gasteiger partial charge on any atom is -0.377 e. The van der Waals surface area contributed by atoms with E-state index in [9.17, 15) is 21.6 Å². The summed E-state index contributed by atoms with van der Waals surface area (Å²) in [6.45, 7) is 1.46. The molecule has 0 saturated carbocycles. The maximum atomic E-state index is 14.6. The number of thiazole rings is 1. The molecule has 0 radical (unpaired) electrons. The van der Waals surface area contributed by atoms with Crippen LogP contribution < -0.4 is 10.0 Å². The van der Waals surface area contributed by atoms with Gasteiger partial charge in [-0.15, -0.1) is 11.3 Å². The zero-order chi connectivity index (χ0) is 20.5. The van der Waals surface area contributed by atoms with Crippen LogP contribution in [0.3, 0.4) is 0 Å². The van der Waals surface area contributed by atoms with Crippen molar-refractivity contribution in [2.75, 3.05) is 10.0 Å². The quantitative estimate of drug-likeness (QED) is 0.545. The van der Waals surface area contributed by atoms with Crippen LogP contribution in [-0.2, 0) is 10.0 Å². The Kier molecular flexibility index (Phi) is 5.82. The van der Waals surface area contributed by atoms with E-state index in [2.05, 4.69) is 15.0 Å². The van der Waals surface area contributed by atoms with Crippen LogP contribution in [0.2, 0.25) is 5.02 Å². The number of halogens is 4. The first-order chi connectivity index (χ1) is 13.2. The molecule has 1 atom stereocenters. The summed E-state index contributed by atoms with van der Waals surface area (Å²) in [5, 5.41) is 3.61. The van der Waals surface area contributed by atoms with Crippen molar-refractivity contribution in [1.29, 1.82) is 0 Å². The molecule has 0 aliphatic rings. The maximum Gasteiger partial charge on any atom is 0.266 e. The smallest absolute Gasteiger partial charge is 0.266 e. The molecule has 1 aromatic heterocycles. The van der Waals surface area contributed by atoms with Gasteiger partial charge in [-0.25, -0.2) is 26.6 Å². The molecule has 0 fully saturated rings. The molecular weight excluding hydrogens is 435 g/mol. The SMILES string of the molecule is CC(Nc1ccc(S(=O)(=O)Nc2cscn2)c(F)c1Cl)c1c(F)cccc1F. The molecular formula is C17H13ClF3N3O2S2. The molecule has 28 heavy (non-hydrogen) atoms. The van der Waals surface area contributed by atoms with Gasteiger partial charge >= 0.3 is 0 Å². The van der Waals surface area contributed by atoms with Crippen LogP contribution in [-0.4, -0.2) is 13.4 Å². The van der Waals surface area contributed by atoms with E-state index in [0.29, 0.717) is 0 Å². The van der Waals surface area contributed by atoms with Gasteiger partial charge in [0.25, 0.3) is 10.0 Å². The summed E-state index contributed by atoms with van der Waals surface area (Å²) < 4.78 is 69.3. The van der Waals surface area contributed by atoms with E-state index in [1.165, 1.54) is 29.9 Å². The van der Waals surface area contributed by atoms with E-state index in [0.717, 1.165) is 29.5 Å². The second-order valence-electron chi connectivity index (χ2n) is 5.72. The number of sulfonamides is 1. The number of nitrogens with zero attached hydrogens (tertiary/aromatic N) is 1. The summed E-state index contributed by atoms with van der Waals surface area (Å²) in [5.41, 5.74) is 1.15. The molecule has 148 valence electrons. The lowest BCUT2D eigenvalue weighted by molar-refractivity contribution is 0.544. The van der Waals surface area contributed by atoms with Crippen molar-refractivity contribution >= 4 is 44.5 Å². The van der Waals surface area contributed by atoms with Crippen molar-refractivity contribution in [3.8, 4) is 0 Å². The third-order valence-electron chi connectivity index (χ3n) is 3.81. The maximum absolute atomic E-state index is 14.6. The van der Waals surface area contributed by atoms with Gasteiger partial charge in [-0.05, 0) is 31.2 Å². The predicted octanol–water partition coefficient (Wildman–Crippen LogP) is 5.19. The van der Waals surface area contributed by atoms with Gasteiger partial charge in [0.15, 0.2) is 11.6 Å². The zero-order valence-electron chi connectivity index (χ0n) is 14.2. The lowest BCUT2D eigenvalue weighted by Gasteiger charge is -2.19. The van der Waals surface area contributed by atoms with Gasteiger partial charge in [-0.3, -0.25) is 4.72 Å². The minimum atomic E-state index is -4.26. The van der Waals surface area contributed by atoms with E-state index in [1.807, 2.05) is 0 Å². The van der Waals surface area contributed by atoms with Crippen LogP contribution >= 0.6 is 22.9 Å². The molecule has 0 saturated heterocycles. The number of nitrogens with one attached hydrogen (secondary N) is 2. The first-order valence-corrected chi connectivity index (χ1v) is 10.6. The van der Waals surface area contributed by atoms with Crippen LogP contribution in [0.1, 0.15) is 18.5 Å². The Balaban J connectivity index is 1.90. The fourth-order valence-electron chi connectivity index (χ4n) is 2.54. The van der Waals surface area contributed by atoms with Crippen LogP contribution in [0, 0.1) is 17.5 Å². The Hall–Kier alpha value is -2.30. The highest BCUT2D eigenvalue weighted by Gasteiger charge is 2.25. The third kappa shape index (κ3) is 4.08. The van der Waals surface area contributed by atoms with E-state index in [4.69, 9.17) is 11.6 Å². The number of benzene rings is 2. The van der Waals surface area contributed by atoms with Crippen LogP contribution in [0.15, 0.2) is 46.1 Å². The Morgan fingerprint density at radius 1 is 1.14 bits per heavy atom. The molecule has 2 N–H and O–H groups in total. The normalized spacial score (nSPS) is 12.6. The van der Waals surface area contributed by atoms with Gasteiger partial charge < -0.3 is 5.32 Å². The molecule has 1 heterocycles. The van der Waals surface area contributed by atoms with Crippen molar-refractivity contribution in [3.05, 3.63) is 69.3 Å². The number of rotatable bonds is 6. The van der Waals surface area contributed by atoms with E-state index < -0.39 is 43.4 Å². The Morgan fingerprint density at radius 3 is 2.43 bits per heavy atom. The molecule has 11 heteroatoms. The summed E-state index contributed by atoms with van der Waals surface area (Å²) in [5.74, 6) is -2.70. The van der Waals surface area contributed by atoms with Crippen LogP contribution in [0.25, 0.3) is 0 Å². The standard InChI is InChI=1S/C17H13ClF3N3O2S2/c1-9(15-10(19)3-2-4-11(15)20)23-12-5-6-13(17(21)16(12)18)28(25,26)24-14-7-27-8-22-14/h2-9,23-24H,1H3. The second-order valence-corrected chi connectivity index (χ2v) is 8.47. The summed E-state index contributed by atoms with van der Waals surface area (Å²) in [4.78, 5) is 3.10. The van der Waals surface area contributed by atoms with Gasteiger partial charge in [0.05, 0.1) is 17.2 Å². The minimum absolute atomic E-state index is 0.0121. The highest BCUT2D eigenvalue weighted by Crippen LogP contribution is 2.33. The monoisotopic (exact) mass is 447 g/mol. The van der Waals surface area contributed by atoms with Crippen molar-refractivity contribution in [2.24, 2.45) is 0 Å². The number of aromatic nitrogens is 1. The van der Waals surface area contributed by atoms with Gasteiger partial charge in [-0.2, -0.15) is 0 Å². The predicted molar refractivity (Wildman–Crippen MR) is 103 cm³/mol. The zero-order valence-corrected chi connectivity index (χ0v) is 16.6. The fraction of sp³-hybridized carbons (Fsp3) is 0.118.